The maximum absolute atomic E-state index is 11.8. The first-order valence-corrected chi connectivity index (χ1v) is 5.99. The molecule has 1 fully saturated rings. The number of aromatic nitrogens is 1. The van der Waals surface area contributed by atoms with Crippen LogP contribution in [0.25, 0.3) is 5.57 Å². The van der Waals surface area contributed by atoms with E-state index in [0.29, 0.717) is 24.6 Å². The van der Waals surface area contributed by atoms with Crippen molar-refractivity contribution in [3.63, 3.8) is 0 Å². The number of hydrogen-bond donors (Lipinski definition) is 1. The first-order chi connectivity index (χ1) is 9.24. The van der Waals surface area contributed by atoms with Crippen LogP contribution in [0.4, 0.5) is 0 Å². The van der Waals surface area contributed by atoms with Crippen LogP contribution in [-0.2, 0) is 9.53 Å². The summed E-state index contributed by atoms with van der Waals surface area (Å²) in [5.41, 5.74) is 3.30. The van der Waals surface area contributed by atoms with Gasteiger partial charge in [-0.2, -0.15) is 0 Å². The van der Waals surface area contributed by atoms with Gasteiger partial charge in [-0.3, -0.25) is 14.8 Å². The summed E-state index contributed by atoms with van der Waals surface area (Å²) >= 11 is 0. The molecule has 5 heteroatoms. The van der Waals surface area contributed by atoms with Crippen molar-refractivity contribution in [2.24, 2.45) is 4.99 Å². The van der Waals surface area contributed by atoms with Crippen molar-refractivity contribution in [2.45, 2.75) is 6.10 Å². The van der Waals surface area contributed by atoms with Crippen LogP contribution in [0.1, 0.15) is 5.56 Å². The van der Waals surface area contributed by atoms with E-state index in [0.717, 1.165) is 11.1 Å². The summed E-state index contributed by atoms with van der Waals surface area (Å²) in [7, 11) is 0. The highest BCUT2D eigenvalue weighted by atomic mass is 16.5. The highest BCUT2D eigenvalue weighted by Crippen LogP contribution is 2.21. The summed E-state index contributed by atoms with van der Waals surface area (Å²) in [6.07, 6.45) is 4.77. The molecular formula is C14H13N3O2. The molecule has 2 aliphatic rings. The summed E-state index contributed by atoms with van der Waals surface area (Å²) in [5, 5.41) is 2.68. The zero-order valence-corrected chi connectivity index (χ0v) is 10.3. The molecule has 0 bridgehead atoms. The minimum Gasteiger partial charge on any atom is -0.356 e. The summed E-state index contributed by atoms with van der Waals surface area (Å²) in [6.45, 7) is 4.54. The third-order valence-electron chi connectivity index (χ3n) is 3.02. The molecule has 3 rings (SSSR count). The topological polar surface area (TPSA) is 63.6 Å². The Morgan fingerprint density at radius 3 is 3.11 bits per heavy atom. The van der Waals surface area contributed by atoms with Gasteiger partial charge in [-0.25, -0.2) is 0 Å². The molecule has 0 spiro atoms. The third kappa shape index (κ3) is 2.32. The van der Waals surface area contributed by atoms with Crippen LogP contribution >= 0.6 is 0 Å². The van der Waals surface area contributed by atoms with E-state index in [1.165, 1.54) is 0 Å². The average Bonchev–Trinajstić information content (AvgIpc) is 2.89. The number of nitrogens with one attached hydrogen (secondary N) is 1. The maximum atomic E-state index is 11.8. The van der Waals surface area contributed by atoms with E-state index in [4.69, 9.17) is 4.74 Å². The second kappa shape index (κ2) is 4.78. The van der Waals surface area contributed by atoms with Gasteiger partial charge in [-0.05, 0) is 23.3 Å². The smallest absolute Gasteiger partial charge is 0.259 e. The van der Waals surface area contributed by atoms with Crippen molar-refractivity contribution in [2.75, 3.05) is 13.2 Å². The first-order valence-electron chi connectivity index (χ1n) is 5.99. The Morgan fingerprint density at radius 2 is 2.37 bits per heavy atom. The molecule has 1 amide bonds. The molecule has 0 radical (unpaired) electrons. The summed E-state index contributed by atoms with van der Waals surface area (Å²) < 4.78 is 5.47. The SMILES string of the molecule is C=C1COC(C2=NCC(c3cccnc3)=C2)C(=O)N1. The molecule has 1 saturated heterocycles. The van der Waals surface area contributed by atoms with Crippen molar-refractivity contribution < 1.29 is 9.53 Å². The lowest BCUT2D eigenvalue weighted by Crippen LogP contribution is -2.46. The van der Waals surface area contributed by atoms with Crippen LogP contribution in [0.5, 0.6) is 0 Å². The number of rotatable bonds is 2. The number of carbonyl (C=O) groups excluding carboxylic acids is 1. The number of nitrogens with zero attached hydrogens (tertiary/aromatic N) is 2. The Morgan fingerprint density at radius 1 is 1.47 bits per heavy atom. The molecule has 0 saturated carbocycles. The number of carbonyl (C=O) groups is 1. The molecule has 19 heavy (non-hydrogen) atoms. The molecule has 5 nitrogen and oxygen atoms in total. The van der Waals surface area contributed by atoms with E-state index < -0.39 is 6.10 Å². The van der Waals surface area contributed by atoms with Gasteiger partial charge in [0.25, 0.3) is 5.91 Å². The van der Waals surface area contributed by atoms with Gasteiger partial charge in [0.2, 0.25) is 0 Å². The first kappa shape index (κ1) is 11.8. The molecule has 1 unspecified atom stereocenters. The second-order valence-electron chi connectivity index (χ2n) is 4.44. The third-order valence-corrected chi connectivity index (χ3v) is 3.02. The van der Waals surface area contributed by atoms with Crippen molar-refractivity contribution in [3.8, 4) is 0 Å². The number of morpholine rings is 1. The molecule has 1 aromatic heterocycles. The zero-order valence-electron chi connectivity index (χ0n) is 10.3. The number of ether oxygens (including phenoxy) is 1. The normalized spacial score (nSPS) is 22.8. The minimum atomic E-state index is -0.639. The molecule has 1 atom stereocenters. The standard InChI is InChI=1S/C14H13N3O2/c1-9-8-19-13(14(18)17-9)12-5-11(7-16-12)10-3-2-4-15-6-10/h2-6,13H,1,7-8H2,(H,17,18). The molecule has 1 aromatic rings. The number of pyridine rings is 1. The predicted octanol–water partition coefficient (Wildman–Crippen LogP) is 0.948. The number of aliphatic imine (C=N–C) groups is 1. The van der Waals surface area contributed by atoms with Gasteiger partial charge < -0.3 is 10.1 Å². The van der Waals surface area contributed by atoms with E-state index in [2.05, 4.69) is 21.9 Å². The molecule has 0 aliphatic carbocycles. The van der Waals surface area contributed by atoms with Gasteiger partial charge in [0.1, 0.15) is 0 Å². The van der Waals surface area contributed by atoms with Crippen molar-refractivity contribution >= 4 is 17.2 Å². The van der Waals surface area contributed by atoms with E-state index in [1.807, 2.05) is 18.2 Å². The lowest BCUT2D eigenvalue weighted by atomic mass is 10.1. The van der Waals surface area contributed by atoms with Crippen molar-refractivity contribution in [3.05, 3.63) is 48.4 Å². The molecule has 3 heterocycles. The zero-order chi connectivity index (χ0) is 13.2. The van der Waals surface area contributed by atoms with Gasteiger partial charge in [0, 0.05) is 18.1 Å². The predicted molar refractivity (Wildman–Crippen MR) is 71.5 cm³/mol. The van der Waals surface area contributed by atoms with Gasteiger partial charge >= 0.3 is 0 Å². The largest absolute Gasteiger partial charge is 0.356 e. The highest BCUT2D eigenvalue weighted by Gasteiger charge is 2.30. The van der Waals surface area contributed by atoms with Crippen LogP contribution in [0, 0.1) is 0 Å². The van der Waals surface area contributed by atoms with E-state index in [-0.39, 0.29) is 5.91 Å². The minimum absolute atomic E-state index is 0.210. The molecule has 96 valence electrons. The molecule has 0 aromatic carbocycles. The van der Waals surface area contributed by atoms with Crippen LogP contribution in [-0.4, -0.2) is 35.9 Å². The van der Waals surface area contributed by atoms with Gasteiger partial charge in [0.05, 0.1) is 18.9 Å². The number of hydrogen-bond acceptors (Lipinski definition) is 4. The van der Waals surface area contributed by atoms with Gasteiger partial charge in [-0.1, -0.05) is 12.6 Å². The fourth-order valence-corrected chi connectivity index (χ4v) is 2.09. The van der Waals surface area contributed by atoms with Crippen molar-refractivity contribution in [1.82, 2.24) is 10.3 Å². The Balaban J connectivity index is 1.79. The van der Waals surface area contributed by atoms with Gasteiger partial charge in [0.15, 0.2) is 6.10 Å². The van der Waals surface area contributed by atoms with Gasteiger partial charge in [-0.15, -0.1) is 0 Å². The highest BCUT2D eigenvalue weighted by molar-refractivity contribution is 6.17. The van der Waals surface area contributed by atoms with E-state index >= 15 is 0 Å². The molecular weight excluding hydrogens is 242 g/mol. The lowest BCUT2D eigenvalue weighted by Gasteiger charge is -2.23. The summed E-state index contributed by atoms with van der Waals surface area (Å²) in [6, 6.07) is 3.85. The Labute approximate surface area is 110 Å². The van der Waals surface area contributed by atoms with Crippen LogP contribution in [0.3, 0.4) is 0 Å². The Bertz CT molecular complexity index is 590. The Hall–Kier alpha value is -2.27. The van der Waals surface area contributed by atoms with E-state index in [1.54, 1.807) is 12.4 Å². The average molecular weight is 255 g/mol. The Kier molecular flexibility index (Phi) is 2.97. The van der Waals surface area contributed by atoms with Crippen LogP contribution < -0.4 is 5.32 Å². The van der Waals surface area contributed by atoms with Crippen LogP contribution in [0.15, 0.2) is 47.9 Å². The maximum Gasteiger partial charge on any atom is 0.259 e. The fraction of sp³-hybridized carbons (Fsp3) is 0.214. The fourth-order valence-electron chi connectivity index (χ4n) is 2.09. The van der Waals surface area contributed by atoms with E-state index in [9.17, 15) is 4.79 Å². The lowest BCUT2D eigenvalue weighted by molar-refractivity contribution is -0.130. The molecule has 2 aliphatic heterocycles. The second-order valence-corrected chi connectivity index (χ2v) is 4.44. The summed E-state index contributed by atoms with van der Waals surface area (Å²) in [4.78, 5) is 20.3. The summed E-state index contributed by atoms with van der Waals surface area (Å²) in [5.74, 6) is -0.210. The van der Waals surface area contributed by atoms with Crippen molar-refractivity contribution in [1.29, 1.82) is 0 Å². The quantitative estimate of drug-likeness (QED) is 0.855. The molecule has 1 N–H and O–H groups in total. The van der Waals surface area contributed by atoms with Crippen LogP contribution in [0.2, 0.25) is 0 Å². The monoisotopic (exact) mass is 255 g/mol. The number of amides is 1.